The predicted molar refractivity (Wildman–Crippen MR) is 134 cm³/mol. The molecule has 0 heterocycles. The van der Waals surface area contributed by atoms with Gasteiger partial charge in [-0.2, -0.15) is 0 Å². The molecule has 0 aliphatic heterocycles. The van der Waals surface area contributed by atoms with E-state index in [-0.39, 0.29) is 16.8 Å². The van der Waals surface area contributed by atoms with Crippen molar-refractivity contribution in [2.75, 3.05) is 24.9 Å². The minimum atomic E-state index is -0.409. The van der Waals surface area contributed by atoms with Crippen molar-refractivity contribution in [2.24, 2.45) is 0 Å². The van der Waals surface area contributed by atoms with Gasteiger partial charge < -0.3 is 20.1 Å². The van der Waals surface area contributed by atoms with E-state index >= 15 is 0 Å². The highest BCUT2D eigenvalue weighted by molar-refractivity contribution is 8.00. The first kappa shape index (κ1) is 24.8. The largest absolute Gasteiger partial charge is 0.497 e. The smallest absolute Gasteiger partial charge is 0.257 e. The van der Waals surface area contributed by atoms with Crippen LogP contribution in [0.4, 0.5) is 11.4 Å². The lowest BCUT2D eigenvalue weighted by molar-refractivity contribution is -0.115. The van der Waals surface area contributed by atoms with Crippen molar-refractivity contribution < 1.29 is 19.1 Å². The van der Waals surface area contributed by atoms with E-state index in [0.717, 1.165) is 4.90 Å². The van der Waals surface area contributed by atoms with Crippen molar-refractivity contribution >= 4 is 58.2 Å². The molecule has 1 atom stereocenters. The van der Waals surface area contributed by atoms with E-state index < -0.39 is 5.25 Å². The number of hydrogen-bond acceptors (Lipinski definition) is 5. The molecule has 3 rings (SSSR count). The van der Waals surface area contributed by atoms with Crippen molar-refractivity contribution in [3.8, 4) is 11.5 Å². The van der Waals surface area contributed by atoms with Crippen LogP contribution in [0.1, 0.15) is 17.3 Å². The van der Waals surface area contributed by atoms with Crippen molar-refractivity contribution in [1.29, 1.82) is 0 Å². The second kappa shape index (κ2) is 11.3. The molecule has 0 aliphatic carbocycles. The van der Waals surface area contributed by atoms with E-state index in [4.69, 9.17) is 32.7 Å². The van der Waals surface area contributed by atoms with Gasteiger partial charge >= 0.3 is 0 Å². The molecule has 0 spiro atoms. The van der Waals surface area contributed by atoms with Crippen molar-refractivity contribution in [3.05, 3.63) is 76.3 Å². The fourth-order valence-electron chi connectivity index (χ4n) is 2.91. The maximum absolute atomic E-state index is 12.7. The quantitative estimate of drug-likeness (QED) is 0.348. The number of benzene rings is 3. The predicted octanol–water partition coefficient (Wildman–Crippen LogP) is 6.38. The molecule has 0 radical (unpaired) electrons. The molecular weight excluding hydrogens is 483 g/mol. The third-order valence-electron chi connectivity index (χ3n) is 4.62. The standard InChI is InChI=1S/C24H22Cl2N2O4S/c1-14(23(29)28-21-10-8-17(31-2)13-22(21)32-3)33-18-6-4-5-16(12-18)27-24(30)19-9-7-15(25)11-20(19)26/h4-14H,1-3H3,(H,27,30)(H,28,29). The Hall–Kier alpha value is -2.87. The van der Waals surface area contributed by atoms with E-state index in [1.165, 1.54) is 24.9 Å². The molecular formula is C24H22Cl2N2O4S. The molecule has 0 bridgehead atoms. The Morgan fingerprint density at radius 2 is 1.73 bits per heavy atom. The zero-order chi connectivity index (χ0) is 24.0. The molecule has 2 N–H and O–H groups in total. The topological polar surface area (TPSA) is 76.7 Å². The SMILES string of the molecule is COc1ccc(NC(=O)C(C)Sc2cccc(NC(=O)c3ccc(Cl)cc3Cl)c2)c(OC)c1. The van der Waals surface area contributed by atoms with Crippen LogP contribution in [0.3, 0.4) is 0 Å². The number of carbonyl (C=O) groups is 2. The Kier molecular flexibility index (Phi) is 8.49. The molecule has 172 valence electrons. The lowest BCUT2D eigenvalue weighted by Gasteiger charge is -2.15. The van der Waals surface area contributed by atoms with Crippen molar-refractivity contribution in [3.63, 3.8) is 0 Å². The summed E-state index contributed by atoms with van der Waals surface area (Å²) in [5.74, 6) is 0.596. The number of rotatable bonds is 8. The monoisotopic (exact) mass is 504 g/mol. The summed E-state index contributed by atoms with van der Waals surface area (Å²) in [5, 5.41) is 6.01. The van der Waals surface area contributed by atoms with Gasteiger partial charge in [-0.1, -0.05) is 29.3 Å². The van der Waals surface area contributed by atoms with Gasteiger partial charge in [0.25, 0.3) is 5.91 Å². The summed E-state index contributed by atoms with van der Waals surface area (Å²) in [4.78, 5) is 26.1. The first-order chi connectivity index (χ1) is 15.8. The molecule has 3 aromatic rings. The van der Waals surface area contributed by atoms with E-state index in [0.29, 0.717) is 33.5 Å². The normalized spacial score (nSPS) is 11.4. The summed E-state index contributed by atoms with van der Waals surface area (Å²) in [6, 6.07) is 17.1. The van der Waals surface area contributed by atoms with Crippen LogP contribution >= 0.6 is 35.0 Å². The van der Waals surface area contributed by atoms with Gasteiger partial charge in [0.05, 0.1) is 35.7 Å². The summed E-state index contributed by atoms with van der Waals surface area (Å²) in [6.45, 7) is 1.80. The van der Waals surface area contributed by atoms with Crippen LogP contribution in [-0.4, -0.2) is 31.3 Å². The zero-order valence-corrected chi connectivity index (χ0v) is 20.5. The van der Waals surface area contributed by atoms with Gasteiger partial charge in [-0.25, -0.2) is 0 Å². The van der Waals surface area contributed by atoms with Crippen LogP contribution in [0.2, 0.25) is 10.0 Å². The zero-order valence-electron chi connectivity index (χ0n) is 18.1. The number of ether oxygens (including phenoxy) is 2. The lowest BCUT2D eigenvalue weighted by Crippen LogP contribution is -2.22. The molecule has 0 fully saturated rings. The summed E-state index contributed by atoms with van der Waals surface area (Å²) in [5.41, 5.74) is 1.46. The number of hydrogen-bond donors (Lipinski definition) is 2. The molecule has 0 aliphatic rings. The molecule has 9 heteroatoms. The Balaban J connectivity index is 1.66. The number of nitrogens with one attached hydrogen (secondary N) is 2. The van der Waals surface area contributed by atoms with Gasteiger partial charge in [-0.05, 0) is 55.5 Å². The van der Waals surface area contributed by atoms with Gasteiger partial charge in [-0.15, -0.1) is 11.8 Å². The Morgan fingerprint density at radius 3 is 2.42 bits per heavy atom. The van der Waals surface area contributed by atoms with Crippen LogP contribution in [0.25, 0.3) is 0 Å². The number of anilines is 2. The molecule has 3 aromatic carbocycles. The highest BCUT2D eigenvalue weighted by Gasteiger charge is 2.18. The fraction of sp³-hybridized carbons (Fsp3) is 0.167. The van der Waals surface area contributed by atoms with Gasteiger partial charge in [-0.3, -0.25) is 9.59 Å². The Morgan fingerprint density at radius 1 is 0.939 bits per heavy atom. The molecule has 0 saturated heterocycles. The average molecular weight is 505 g/mol. The van der Waals surface area contributed by atoms with Gasteiger partial charge in [0.2, 0.25) is 5.91 Å². The number of carbonyl (C=O) groups excluding carboxylic acids is 2. The number of halogens is 2. The highest BCUT2D eigenvalue weighted by atomic mass is 35.5. The fourth-order valence-corrected chi connectivity index (χ4v) is 4.33. The number of thioether (sulfide) groups is 1. The molecule has 0 aromatic heterocycles. The number of amides is 2. The Bertz CT molecular complexity index is 1170. The van der Waals surface area contributed by atoms with E-state index in [1.807, 2.05) is 6.07 Å². The second-order valence-corrected chi connectivity index (χ2v) is 9.18. The molecule has 0 saturated carbocycles. The Labute approximate surface area is 206 Å². The van der Waals surface area contributed by atoms with Gasteiger partial charge in [0.1, 0.15) is 11.5 Å². The molecule has 6 nitrogen and oxygen atoms in total. The van der Waals surface area contributed by atoms with Crippen molar-refractivity contribution in [1.82, 2.24) is 0 Å². The first-order valence-electron chi connectivity index (χ1n) is 9.86. The van der Waals surface area contributed by atoms with E-state index in [1.54, 1.807) is 62.6 Å². The highest BCUT2D eigenvalue weighted by Crippen LogP contribution is 2.31. The first-order valence-corrected chi connectivity index (χ1v) is 11.5. The summed E-state index contributed by atoms with van der Waals surface area (Å²) in [7, 11) is 3.09. The maximum Gasteiger partial charge on any atom is 0.257 e. The van der Waals surface area contributed by atoms with Crippen LogP contribution in [0, 0.1) is 0 Å². The number of methoxy groups -OCH3 is 2. The van der Waals surface area contributed by atoms with Gasteiger partial charge in [0.15, 0.2) is 0 Å². The van der Waals surface area contributed by atoms with E-state index in [2.05, 4.69) is 10.6 Å². The van der Waals surface area contributed by atoms with Crippen molar-refractivity contribution in [2.45, 2.75) is 17.1 Å². The molecule has 33 heavy (non-hydrogen) atoms. The third kappa shape index (κ3) is 6.57. The summed E-state index contributed by atoms with van der Waals surface area (Å²) >= 11 is 13.4. The lowest BCUT2D eigenvalue weighted by atomic mass is 10.2. The maximum atomic E-state index is 12.7. The van der Waals surface area contributed by atoms with E-state index in [9.17, 15) is 9.59 Å². The van der Waals surface area contributed by atoms with Gasteiger partial charge in [0, 0.05) is 21.7 Å². The van der Waals surface area contributed by atoms with Crippen LogP contribution in [-0.2, 0) is 4.79 Å². The summed E-state index contributed by atoms with van der Waals surface area (Å²) in [6.07, 6.45) is 0. The minimum Gasteiger partial charge on any atom is -0.497 e. The summed E-state index contributed by atoms with van der Waals surface area (Å²) < 4.78 is 10.5. The second-order valence-electron chi connectivity index (χ2n) is 6.92. The van der Waals surface area contributed by atoms with Crippen LogP contribution in [0.15, 0.2) is 65.6 Å². The van der Waals surface area contributed by atoms with Crippen LogP contribution in [0.5, 0.6) is 11.5 Å². The molecule has 1 unspecified atom stereocenters. The minimum absolute atomic E-state index is 0.189. The average Bonchev–Trinajstić information content (AvgIpc) is 2.79. The van der Waals surface area contributed by atoms with Crippen LogP contribution < -0.4 is 20.1 Å². The third-order valence-corrected chi connectivity index (χ3v) is 6.26. The molecule has 2 amide bonds.